The molecule has 3 atom stereocenters. The fraction of sp³-hybridized carbons (Fsp3) is 0.306. The van der Waals surface area contributed by atoms with Crippen LogP contribution >= 0.6 is 0 Å². The Hall–Kier alpha value is -4.49. The summed E-state index contributed by atoms with van der Waals surface area (Å²) in [4.78, 5) is 44.4. The van der Waals surface area contributed by atoms with Crippen molar-refractivity contribution in [3.63, 3.8) is 0 Å². The summed E-state index contributed by atoms with van der Waals surface area (Å²) in [5.74, 6) is -0.645. The molecule has 222 valence electrons. The molecule has 0 fully saturated rings. The van der Waals surface area contributed by atoms with Crippen molar-refractivity contribution in [1.82, 2.24) is 20.4 Å². The third kappa shape index (κ3) is 6.95. The lowest BCUT2D eigenvalue weighted by molar-refractivity contribution is -0.147. The van der Waals surface area contributed by atoms with Gasteiger partial charge in [-0.1, -0.05) is 97.1 Å². The molecule has 4 aromatic carbocycles. The SMILES string of the molecule is CNC(=O)C(Cc1ccccc1)N(C)C(=O)C(Cc1ccc2ccccc2c1)N(C)C(=O)CC1NCCc2ccccc21. The molecule has 1 aliphatic rings. The van der Waals surface area contributed by atoms with Gasteiger partial charge in [0.1, 0.15) is 12.1 Å². The third-order valence-electron chi connectivity index (χ3n) is 8.62. The van der Waals surface area contributed by atoms with Gasteiger partial charge >= 0.3 is 0 Å². The number of rotatable bonds is 10. The zero-order valence-electron chi connectivity index (χ0n) is 25.1. The molecule has 0 aromatic heterocycles. The fourth-order valence-electron chi connectivity index (χ4n) is 6.04. The first-order chi connectivity index (χ1) is 20.9. The molecule has 0 aliphatic carbocycles. The zero-order valence-corrected chi connectivity index (χ0v) is 25.1. The van der Waals surface area contributed by atoms with Gasteiger partial charge in [-0.2, -0.15) is 0 Å². The van der Waals surface area contributed by atoms with Crippen molar-refractivity contribution in [2.75, 3.05) is 27.7 Å². The van der Waals surface area contributed by atoms with Crippen LogP contribution in [0.25, 0.3) is 10.8 Å². The predicted molar refractivity (Wildman–Crippen MR) is 170 cm³/mol. The van der Waals surface area contributed by atoms with Crippen LogP contribution in [0.4, 0.5) is 0 Å². The predicted octanol–water partition coefficient (Wildman–Crippen LogP) is 4.30. The number of carbonyl (C=O) groups excluding carboxylic acids is 3. The molecular formula is C36H40N4O3. The van der Waals surface area contributed by atoms with Gasteiger partial charge in [0.25, 0.3) is 0 Å². The van der Waals surface area contributed by atoms with Crippen LogP contribution in [0.5, 0.6) is 0 Å². The first kappa shape index (κ1) is 30.0. The van der Waals surface area contributed by atoms with Gasteiger partial charge in [-0.3, -0.25) is 14.4 Å². The van der Waals surface area contributed by atoms with Gasteiger partial charge in [0.05, 0.1) is 0 Å². The summed E-state index contributed by atoms with van der Waals surface area (Å²) in [6.45, 7) is 0.800. The summed E-state index contributed by atoms with van der Waals surface area (Å²) < 4.78 is 0. The minimum absolute atomic E-state index is 0.120. The molecular weight excluding hydrogens is 536 g/mol. The molecule has 43 heavy (non-hydrogen) atoms. The van der Waals surface area contributed by atoms with E-state index in [2.05, 4.69) is 34.9 Å². The summed E-state index contributed by atoms with van der Waals surface area (Å²) in [5.41, 5.74) is 4.28. The molecule has 1 heterocycles. The fourth-order valence-corrected chi connectivity index (χ4v) is 6.04. The Morgan fingerprint density at radius 2 is 1.47 bits per heavy atom. The molecule has 7 nitrogen and oxygen atoms in total. The van der Waals surface area contributed by atoms with E-state index in [1.165, 1.54) is 10.5 Å². The Morgan fingerprint density at radius 1 is 0.791 bits per heavy atom. The van der Waals surface area contributed by atoms with E-state index in [-0.39, 0.29) is 30.2 Å². The van der Waals surface area contributed by atoms with Crippen LogP contribution in [0.1, 0.15) is 34.7 Å². The maximum Gasteiger partial charge on any atom is 0.246 e. The van der Waals surface area contributed by atoms with Gasteiger partial charge in [0.15, 0.2) is 0 Å². The number of hydrogen-bond donors (Lipinski definition) is 2. The number of likely N-dealkylation sites (N-methyl/N-ethyl adjacent to an activating group) is 3. The van der Waals surface area contributed by atoms with Gasteiger partial charge in [0.2, 0.25) is 17.7 Å². The van der Waals surface area contributed by atoms with Crippen LogP contribution < -0.4 is 10.6 Å². The number of carbonyl (C=O) groups is 3. The highest BCUT2D eigenvalue weighted by Crippen LogP contribution is 2.27. The topological polar surface area (TPSA) is 81.8 Å². The van der Waals surface area contributed by atoms with Crippen molar-refractivity contribution < 1.29 is 14.4 Å². The molecule has 0 saturated carbocycles. The van der Waals surface area contributed by atoms with Gasteiger partial charge in [-0.25, -0.2) is 0 Å². The average Bonchev–Trinajstić information content (AvgIpc) is 3.05. The normalized spacial score (nSPS) is 15.7. The largest absolute Gasteiger partial charge is 0.357 e. The first-order valence-corrected chi connectivity index (χ1v) is 14.9. The van der Waals surface area contributed by atoms with Gasteiger partial charge < -0.3 is 20.4 Å². The zero-order chi connectivity index (χ0) is 30.3. The smallest absolute Gasteiger partial charge is 0.246 e. The lowest BCUT2D eigenvalue weighted by Crippen LogP contribution is -2.56. The quantitative estimate of drug-likeness (QED) is 0.295. The molecule has 4 aromatic rings. The van der Waals surface area contributed by atoms with Crippen molar-refractivity contribution in [3.05, 3.63) is 119 Å². The van der Waals surface area contributed by atoms with Crippen molar-refractivity contribution >= 4 is 28.5 Å². The molecule has 0 bridgehead atoms. The van der Waals surface area contributed by atoms with Crippen molar-refractivity contribution in [2.24, 2.45) is 0 Å². The number of nitrogens with zero attached hydrogens (tertiary/aromatic N) is 2. The van der Waals surface area contributed by atoms with Crippen molar-refractivity contribution in [2.45, 2.75) is 43.8 Å². The van der Waals surface area contributed by atoms with E-state index in [0.717, 1.165) is 40.4 Å². The highest BCUT2D eigenvalue weighted by Gasteiger charge is 2.36. The van der Waals surface area contributed by atoms with E-state index in [0.29, 0.717) is 12.8 Å². The lowest BCUT2D eigenvalue weighted by atomic mass is 9.92. The standard InChI is InChI=1S/C36H40N4O3/c1-37-35(42)32(22-25-11-5-4-6-12-25)40(3)36(43)33(23-26-17-18-27-13-7-8-15-29(27)21-26)39(2)34(41)24-31-30-16-10-9-14-28(30)19-20-38-31/h4-18,21,31-33,38H,19-20,22-24H2,1-3H3,(H,37,42). The molecule has 7 heteroatoms. The Kier molecular flexibility index (Phi) is 9.52. The maximum absolute atomic E-state index is 14.3. The molecule has 3 unspecified atom stereocenters. The summed E-state index contributed by atoms with van der Waals surface area (Å²) in [6, 6.07) is 30.5. The highest BCUT2D eigenvalue weighted by atomic mass is 16.2. The van der Waals surface area contributed by atoms with E-state index in [9.17, 15) is 14.4 Å². The average molecular weight is 577 g/mol. The first-order valence-electron chi connectivity index (χ1n) is 14.9. The minimum Gasteiger partial charge on any atom is -0.357 e. The van der Waals surface area contributed by atoms with Crippen LogP contribution in [0, 0.1) is 0 Å². The molecule has 0 radical (unpaired) electrons. The van der Waals surface area contributed by atoms with Gasteiger partial charge in [-0.05, 0) is 46.0 Å². The Bertz CT molecular complexity index is 1590. The van der Waals surface area contributed by atoms with Crippen molar-refractivity contribution in [1.29, 1.82) is 0 Å². The van der Waals surface area contributed by atoms with Crippen LogP contribution in [0.3, 0.4) is 0 Å². The number of benzene rings is 4. The van der Waals surface area contributed by atoms with Gasteiger partial charge in [0, 0.05) is 46.4 Å². The second kappa shape index (κ2) is 13.7. The summed E-state index contributed by atoms with van der Waals surface area (Å²) in [6.07, 6.45) is 1.86. The molecule has 0 saturated heterocycles. The second-order valence-corrected chi connectivity index (χ2v) is 11.3. The van der Waals surface area contributed by atoms with Crippen LogP contribution in [-0.2, 0) is 33.6 Å². The summed E-state index contributed by atoms with van der Waals surface area (Å²) >= 11 is 0. The summed E-state index contributed by atoms with van der Waals surface area (Å²) in [7, 11) is 4.95. The number of amides is 3. The number of fused-ring (bicyclic) bond motifs is 2. The third-order valence-corrected chi connectivity index (χ3v) is 8.62. The monoisotopic (exact) mass is 576 g/mol. The number of hydrogen-bond acceptors (Lipinski definition) is 4. The molecule has 0 spiro atoms. The van der Waals surface area contributed by atoms with E-state index in [4.69, 9.17) is 0 Å². The Morgan fingerprint density at radius 3 is 2.23 bits per heavy atom. The molecule has 2 N–H and O–H groups in total. The summed E-state index contributed by atoms with van der Waals surface area (Å²) in [5, 5.41) is 8.40. The molecule has 5 rings (SSSR count). The van der Waals surface area contributed by atoms with Crippen molar-refractivity contribution in [3.8, 4) is 0 Å². The number of nitrogens with one attached hydrogen (secondary N) is 2. The Labute approximate surface area is 253 Å². The van der Waals surface area contributed by atoms with E-state index < -0.39 is 12.1 Å². The lowest BCUT2D eigenvalue weighted by Gasteiger charge is -2.35. The van der Waals surface area contributed by atoms with E-state index in [1.807, 2.05) is 72.8 Å². The Balaban J connectivity index is 1.43. The van der Waals surface area contributed by atoms with E-state index in [1.54, 1.807) is 26.0 Å². The van der Waals surface area contributed by atoms with Crippen LogP contribution in [0.2, 0.25) is 0 Å². The minimum atomic E-state index is -0.791. The molecule has 1 aliphatic heterocycles. The maximum atomic E-state index is 14.3. The second-order valence-electron chi connectivity index (χ2n) is 11.3. The van der Waals surface area contributed by atoms with Crippen LogP contribution in [-0.4, -0.2) is 67.3 Å². The molecule has 3 amide bonds. The van der Waals surface area contributed by atoms with Gasteiger partial charge in [-0.15, -0.1) is 0 Å². The van der Waals surface area contributed by atoms with E-state index >= 15 is 0 Å². The van der Waals surface area contributed by atoms with Crippen LogP contribution in [0.15, 0.2) is 97.1 Å². The highest BCUT2D eigenvalue weighted by molar-refractivity contribution is 5.92.